The predicted octanol–water partition coefficient (Wildman–Crippen LogP) is 2.77. The van der Waals surface area contributed by atoms with Crippen LogP contribution in [-0.2, 0) is 27.8 Å². The van der Waals surface area contributed by atoms with Gasteiger partial charge < -0.3 is 9.84 Å². The van der Waals surface area contributed by atoms with Crippen molar-refractivity contribution in [2.75, 3.05) is 13.2 Å². The molecule has 1 aliphatic rings. The van der Waals surface area contributed by atoms with Crippen molar-refractivity contribution in [1.82, 2.24) is 0 Å². The second-order valence-electron chi connectivity index (χ2n) is 5.72. The van der Waals surface area contributed by atoms with Gasteiger partial charge in [0.2, 0.25) is 0 Å². The van der Waals surface area contributed by atoms with E-state index in [0.717, 1.165) is 18.4 Å². The van der Waals surface area contributed by atoms with Crippen LogP contribution in [-0.4, -0.2) is 24.3 Å². The van der Waals surface area contributed by atoms with Gasteiger partial charge in [0.05, 0.1) is 12.0 Å². The predicted molar refractivity (Wildman–Crippen MR) is 78.8 cm³/mol. The summed E-state index contributed by atoms with van der Waals surface area (Å²) in [5, 5.41) is 9.31. The summed E-state index contributed by atoms with van der Waals surface area (Å²) in [5.41, 5.74) is 2.96. The highest BCUT2D eigenvalue weighted by molar-refractivity contribution is 5.82. The molecular weight excluding hydrogens is 252 g/mol. The molecule has 0 radical (unpaired) electrons. The quantitative estimate of drug-likeness (QED) is 0.841. The van der Waals surface area contributed by atoms with Gasteiger partial charge in [-0.25, -0.2) is 0 Å². The number of carbonyl (C=O) groups is 1. The monoisotopic (exact) mass is 276 g/mol. The fourth-order valence-corrected chi connectivity index (χ4v) is 2.95. The number of esters is 1. The standard InChI is InChI=1S/C17H24O3/c1-3-20-16(19)17(2,10-11-18)15-9-8-13-6-4-5-7-14(13)12-15/h8-9,12,18H,3-7,10-11H2,1-2H3. The highest BCUT2D eigenvalue weighted by Gasteiger charge is 2.36. The summed E-state index contributed by atoms with van der Waals surface area (Å²) >= 11 is 0. The Morgan fingerprint density at radius 3 is 2.65 bits per heavy atom. The largest absolute Gasteiger partial charge is 0.465 e. The van der Waals surface area contributed by atoms with E-state index in [2.05, 4.69) is 12.1 Å². The zero-order chi connectivity index (χ0) is 14.6. The third-order valence-electron chi connectivity index (χ3n) is 4.32. The van der Waals surface area contributed by atoms with Gasteiger partial charge in [-0.05, 0) is 62.6 Å². The summed E-state index contributed by atoms with van der Waals surface area (Å²) in [6.07, 6.45) is 5.07. The Balaban J connectivity index is 2.36. The number of aliphatic hydroxyl groups is 1. The maximum Gasteiger partial charge on any atom is 0.316 e. The normalized spacial score (nSPS) is 17.1. The molecule has 0 fully saturated rings. The Kier molecular flexibility index (Phi) is 4.81. The number of rotatable bonds is 5. The molecule has 3 heteroatoms. The van der Waals surface area contributed by atoms with E-state index < -0.39 is 5.41 Å². The molecule has 0 saturated heterocycles. The van der Waals surface area contributed by atoms with Gasteiger partial charge in [-0.3, -0.25) is 4.79 Å². The van der Waals surface area contributed by atoms with Crippen molar-refractivity contribution in [3.8, 4) is 0 Å². The van der Waals surface area contributed by atoms with Crippen LogP contribution in [0.1, 0.15) is 49.8 Å². The number of hydrogen-bond donors (Lipinski definition) is 1. The first-order valence-corrected chi connectivity index (χ1v) is 7.52. The summed E-state index contributed by atoms with van der Waals surface area (Å²) in [4.78, 5) is 12.3. The highest BCUT2D eigenvalue weighted by atomic mass is 16.5. The summed E-state index contributed by atoms with van der Waals surface area (Å²) in [5.74, 6) is -0.246. The van der Waals surface area contributed by atoms with Crippen molar-refractivity contribution in [1.29, 1.82) is 0 Å². The van der Waals surface area contributed by atoms with E-state index in [0.29, 0.717) is 13.0 Å². The summed E-state index contributed by atoms with van der Waals surface area (Å²) < 4.78 is 5.21. The van der Waals surface area contributed by atoms with Gasteiger partial charge >= 0.3 is 5.97 Å². The molecule has 1 atom stereocenters. The van der Waals surface area contributed by atoms with E-state index in [9.17, 15) is 9.90 Å². The van der Waals surface area contributed by atoms with Crippen molar-refractivity contribution in [3.05, 3.63) is 34.9 Å². The number of aryl methyl sites for hydroxylation is 2. The van der Waals surface area contributed by atoms with E-state index in [1.165, 1.54) is 24.0 Å². The van der Waals surface area contributed by atoms with Crippen molar-refractivity contribution < 1.29 is 14.6 Å². The highest BCUT2D eigenvalue weighted by Crippen LogP contribution is 2.32. The van der Waals surface area contributed by atoms with Gasteiger partial charge in [0, 0.05) is 6.61 Å². The van der Waals surface area contributed by atoms with Crippen LogP contribution in [0.3, 0.4) is 0 Å². The third-order valence-corrected chi connectivity index (χ3v) is 4.32. The topological polar surface area (TPSA) is 46.5 Å². The number of hydrogen-bond acceptors (Lipinski definition) is 3. The van der Waals surface area contributed by atoms with Crippen molar-refractivity contribution in [2.24, 2.45) is 0 Å². The molecule has 110 valence electrons. The van der Waals surface area contributed by atoms with E-state index in [4.69, 9.17) is 4.74 Å². The summed E-state index contributed by atoms with van der Waals surface area (Å²) in [6.45, 7) is 4.02. The lowest BCUT2D eigenvalue weighted by Gasteiger charge is -2.28. The molecule has 2 rings (SSSR count). The maximum atomic E-state index is 12.3. The van der Waals surface area contributed by atoms with Crippen molar-refractivity contribution in [3.63, 3.8) is 0 Å². The zero-order valence-corrected chi connectivity index (χ0v) is 12.4. The first-order chi connectivity index (χ1) is 9.61. The maximum absolute atomic E-state index is 12.3. The van der Waals surface area contributed by atoms with Crippen LogP contribution in [0.2, 0.25) is 0 Å². The molecule has 1 N–H and O–H groups in total. The smallest absolute Gasteiger partial charge is 0.316 e. The lowest BCUT2D eigenvalue weighted by molar-refractivity contribution is -0.150. The van der Waals surface area contributed by atoms with Gasteiger partial charge in [-0.2, -0.15) is 0 Å². The molecule has 1 aromatic carbocycles. The Morgan fingerprint density at radius 2 is 2.00 bits per heavy atom. The molecule has 1 unspecified atom stereocenters. The average Bonchev–Trinajstić information content (AvgIpc) is 2.47. The molecule has 1 aromatic rings. The molecule has 3 nitrogen and oxygen atoms in total. The first-order valence-electron chi connectivity index (χ1n) is 7.52. The Morgan fingerprint density at radius 1 is 1.30 bits per heavy atom. The lowest BCUT2D eigenvalue weighted by Crippen LogP contribution is -2.35. The second-order valence-corrected chi connectivity index (χ2v) is 5.72. The Labute approximate surface area is 121 Å². The number of carbonyl (C=O) groups excluding carboxylic acids is 1. The molecule has 0 spiro atoms. The Bertz CT molecular complexity index is 481. The first kappa shape index (κ1) is 15.0. The minimum atomic E-state index is -0.753. The molecular formula is C17H24O3. The lowest BCUT2D eigenvalue weighted by atomic mass is 9.77. The fraction of sp³-hybridized carbons (Fsp3) is 0.588. The van der Waals surface area contributed by atoms with Crippen LogP contribution in [0.5, 0.6) is 0 Å². The van der Waals surface area contributed by atoms with Gasteiger partial charge in [0.1, 0.15) is 0 Å². The van der Waals surface area contributed by atoms with Crippen LogP contribution in [0.4, 0.5) is 0 Å². The van der Waals surface area contributed by atoms with Gasteiger partial charge in [-0.1, -0.05) is 18.2 Å². The van der Waals surface area contributed by atoms with E-state index in [1.807, 2.05) is 19.9 Å². The molecule has 0 aromatic heterocycles. The van der Waals surface area contributed by atoms with Crippen LogP contribution in [0.25, 0.3) is 0 Å². The van der Waals surface area contributed by atoms with Crippen molar-refractivity contribution in [2.45, 2.75) is 51.4 Å². The zero-order valence-electron chi connectivity index (χ0n) is 12.4. The SMILES string of the molecule is CCOC(=O)C(C)(CCO)c1ccc2c(c1)CCCC2. The van der Waals surface area contributed by atoms with E-state index in [1.54, 1.807) is 0 Å². The van der Waals surface area contributed by atoms with E-state index in [-0.39, 0.29) is 12.6 Å². The minimum absolute atomic E-state index is 0.0214. The minimum Gasteiger partial charge on any atom is -0.465 e. The van der Waals surface area contributed by atoms with Crippen LogP contribution in [0, 0.1) is 0 Å². The van der Waals surface area contributed by atoms with Gasteiger partial charge in [-0.15, -0.1) is 0 Å². The number of benzene rings is 1. The molecule has 0 bridgehead atoms. The second kappa shape index (κ2) is 6.40. The van der Waals surface area contributed by atoms with Crippen LogP contribution in [0.15, 0.2) is 18.2 Å². The van der Waals surface area contributed by atoms with Crippen molar-refractivity contribution >= 4 is 5.97 Å². The number of ether oxygens (including phenoxy) is 1. The number of aliphatic hydroxyl groups excluding tert-OH is 1. The molecule has 0 amide bonds. The summed E-state index contributed by atoms with van der Waals surface area (Å²) in [7, 11) is 0. The molecule has 1 aliphatic carbocycles. The molecule has 0 aliphatic heterocycles. The molecule has 0 heterocycles. The van der Waals surface area contributed by atoms with Crippen LogP contribution >= 0.6 is 0 Å². The number of fused-ring (bicyclic) bond motifs is 1. The molecule has 0 saturated carbocycles. The third kappa shape index (κ3) is 2.88. The van der Waals surface area contributed by atoms with Gasteiger partial charge in [0.15, 0.2) is 0 Å². The van der Waals surface area contributed by atoms with Gasteiger partial charge in [0.25, 0.3) is 0 Å². The van der Waals surface area contributed by atoms with E-state index >= 15 is 0 Å². The Hall–Kier alpha value is -1.35. The fourth-order valence-electron chi connectivity index (χ4n) is 2.95. The average molecular weight is 276 g/mol. The van der Waals surface area contributed by atoms with Crippen LogP contribution < -0.4 is 0 Å². The summed E-state index contributed by atoms with van der Waals surface area (Å²) in [6, 6.07) is 6.30. The molecule has 20 heavy (non-hydrogen) atoms.